The standard InChI is InChI=1S/C13H21N3/c1-4-11-8-12(14-3)16-13(15-11)10-6-5-9(2)7-10/h8-10H,4-7H2,1-3H3,(H,14,15,16). The molecule has 0 saturated heterocycles. The van der Waals surface area contributed by atoms with Crippen molar-refractivity contribution in [3.05, 3.63) is 17.6 Å². The maximum Gasteiger partial charge on any atom is 0.134 e. The molecule has 3 nitrogen and oxygen atoms in total. The fraction of sp³-hybridized carbons (Fsp3) is 0.692. The van der Waals surface area contributed by atoms with Crippen LogP contribution in [0.1, 0.15) is 50.5 Å². The van der Waals surface area contributed by atoms with Crippen molar-refractivity contribution >= 4 is 5.82 Å². The Morgan fingerprint density at radius 1 is 1.38 bits per heavy atom. The normalized spacial score (nSPS) is 24.7. The molecule has 2 rings (SSSR count). The molecule has 1 aliphatic carbocycles. The molecule has 0 aliphatic heterocycles. The van der Waals surface area contributed by atoms with E-state index in [9.17, 15) is 0 Å². The molecule has 1 fully saturated rings. The van der Waals surface area contributed by atoms with Gasteiger partial charge in [0.25, 0.3) is 0 Å². The van der Waals surface area contributed by atoms with E-state index in [1.807, 2.05) is 13.1 Å². The molecule has 0 aromatic carbocycles. The van der Waals surface area contributed by atoms with Gasteiger partial charge in [-0.2, -0.15) is 0 Å². The zero-order chi connectivity index (χ0) is 11.5. The third-order valence-electron chi connectivity index (χ3n) is 3.47. The first-order chi connectivity index (χ1) is 7.72. The Kier molecular flexibility index (Phi) is 3.42. The van der Waals surface area contributed by atoms with Crippen LogP contribution in [-0.2, 0) is 6.42 Å². The molecule has 2 atom stereocenters. The highest BCUT2D eigenvalue weighted by atomic mass is 15.0. The molecule has 0 radical (unpaired) electrons. The minimum atomic E-state index is 0.577. The van der Waals surface area contributed by atoms with E-state index in [-0.39, 0.29) is 0 Å². The van der Waals surface area contributed by atoms with E-state index in [4.69, 9.17) is 0 Å². The van der Waals surface area contributed by atoms with Gasteiger partial charge in [0, 0.05) is 24.7 Å². The van der Waals surface area contributed by atoms with Crippen molar-refractivity contribution in [3.8, 4) is 0 Å². The van der Waals surface area contributed by atoms with Gasteiger partial charge >= 0.3 is 0 Å². The molecule has 88 valence electrons. The monoisotopic (exact) mass is 219 g/mol. The third-order valence-corrected chi connectivity index (χ3v) is 3.47. The molecule has 1 aliphatic rings. The first-order valence-electron chi connectivity index (χ1n) is 6.28. The van der Waals surface area contributed by atoms with Crippen molar-refractivity contribution in [1.82, 2.24) is 9.97 Å². The van der Waals surface area contributed by atoms with E-state index in [1.165, 1.54) is 19.3 Å². The Bertz CT molecular complexity index is 340. The molecule has 3 heteroatoms. The predicted molar refractivity (Wildman–Crippen MR) is 66.7 cm³/mol. The van der Waals surface area contributed by atoms with Crippen molar-refractivity contribution in [2.24, 2.45) is 5.92 Å². The van der Waals surface area contributed by atoms with Gasteiger partial charge < -0.3 is 5.32 Å². The topological polar surface area (TPSA) is 37.8 Å². The Morgan fingerprint density at radius 2 is 2.19 bits per heavy atom. The number of nitrogens with zero attached hydrogens (tertiary/aromatic N) is 2. The van der Waals surface area contributed by atoms with Gasteiger partial charge in [-0.25, -0.2) is 9.97 Å². The van der Waals surface area contributed by atoms with Crippen molar-refractivity contribution in [2.75, 3.05) is 12.4 Å². The fourth-order valence-electron chi connectivity index (χ4n) is 2.45. The number of aryl methyl sites for hydroxylation is 1. The van der Waals surface area contributed by atoms with Crippen molar-refractivity contribution in [1.29, 1.82) is 0 Å². The molecule has 1 N–H and O–H groups in total. The number of hydrogen-bond acceptors (Lipinski definition) is 3. The summed E-state index contributed by atoms with van der Waals surface area (Å²) in [5.41, 5.74) is 1.15. The van der Waals surface area contributed by atoms with Gasteiger partial charge in [-0.05, 0) is 31.6 Å². The van der Waals surface area contributed by atoms with Crippen LogP contribution in [0.3, 0.4) is 0 Å². The zero-order valence-electron chi connectivity index (χ0n) is 10.5. The average Bonchev–Trinajstić information content (AvgIpc) is 2.75. The quantitative estimate of drug-likeness (QED) is 0.849. The Hall–Kier alpha value is -1.12. The number of nitrogens with one attached hydrogen (secondary N) is 1. The summed E-state index contributed by atoms with van der Waals surface area (Å²) in [5, 5.41) is 3.13. The van der Waals surface area contributed by atoms with Gasteiger partial charge in [0.05, 0.1) is 0 Å². The lowest BCUT2D eigenvalue weighted by Crippen LogP contribution is -2.06. The summed E-state index contributed by atoms with van der Waals surface area (Å²) in [6.45, 7) is 4.46. The fourth-order valence-corrected chi connectivity index (χ4v) is 2.45. The highest BCUT2D eigenvalue weighted by molar-refractivity contribution is 5.35. The second-order valence-electron chi connectivity index (χ2n) is 4.82. The second-order valence-corrected chi connectivity index (χ2v) is 4.82. The molecule has 2 unspecified atom stereocenters. The highest BCUT2D eigenvalue weighted by Crippen LogP contribution is 2.36. The summed E-state index contributed by atoms with van der Waals surface area (Å²) in [5.74, 6) is 3.42. The van der Waals surface area contributed by atoms with Crippen LogP contribution < -0.4 is 5.32 Å². The van der Waals surface area contributed by atoms with Crippen molar-refractivity contribution in [2.45, 2.75) is 45.4 Å². The second kappa shape index (κ2) is 4.81. The average molecular weight is 219 g/mol. The molecule has 16 heavy (non-hydrogen) atoms. The molecule has 0 amide bonds. The maximum atomic E-state index is 4.67. The molecule has 1 saturated carbocycles. The van der Waals surface area contributed by atoms with E-state index in [0.29, 0.717) is 5.92 Å². The number of rotatable bonds is 3. The van der Waals surface area contributed by atoms with Crippen LogP contribution in [0.5, 0.6) is 0 Å². The summed E-state index contributed by atoms with van der Waals surface area (Å²) in [6.07, 6.45) is 4.79. The van der Waals surface area contributed by atoms with Gasteiger partial charge in [-0.3, -0.25) is 0 Å². The lowest BCUT2D eigenvalue weighted by atomic mass is 10.1. The largest absolute Gasteiger partial charge is 0.373 e. The van der Waals surface area contributed by atoms with Crippen LogP contribution in [0.4, 0.5) is 5.82 Å². The van der Waals surface area contributed by atoms with Crippen molar-refractivity contribution < 1.29 is 0 Å². The van der Waals surface area contributed by atoms with Gasteiger partial charge in [-0.15, -0.1) is 0 Å². The van der Waals surface area contributed by atoms with E-state index < -0.39 is 0 Å². The van der Waals surface area contributed by atoms with E-state index in [2.05, 4.69) is 29.1 Å². The maximum absolute atomic E-state index is 4.67. The van der Waals surface area contributed by atoms with Crippen LogP contribution in [0.2, 0.25) is 0 Å². The molecule has 1 aromatic rings. The number of anilines is 1. The molecule has 1 heterocycles. The summed E-state index contributed by atoms with van der Waals surface area (Å²) >= 11 is 0. The zero-order valence-corrected chi connectivity index (χ0v) is 10.5. The minimum absolute atomic E-state index is 0.577. The Labute approximate surface area is 97.7 Å². The summed E-state index contributed by atoms with van der Waals surface area (Å²) in [7, 11) is 1.92. The first-order valence-corrected chi connectivity index (χ1v) is 6.28. The lowest BCUT2D eigenvalue weighted by Gasteiger charge is -2.11. The summed E-state index contributed by atoms with van der Waals surface area (Å²) in [6, 6.07) is 2.04. The minimum Gasteiger partial charge on any atom is -0.373 e. The van der Waals surface area contributed by atoms with Crippen LogP contribution in [0.25, 0.3) is 0 Å². The number of hydrogen-bond donors (Lipinski definition) is 1. The molecular formula is C13H21N3. The predicted octanol–water partition coefficient (Wildman–Crippen LogP) is 2.98. The third kappa shape index (κ3) is 2.34. The van der Waals surface area contributed by atoms with Gasteiger partial charge in [0.1, 0.15) is 11.6 Å². The Morgan fingerprint density at radius 3 is 2.75 bits per heavy atom. The summed E-state index contributed by atoms with van der Waals surface area (Å²) < 4.78 is 0. The highest BCUT2D eigenvalue weighted by Gasteiger charge is 2.25. The SMILES string of the molecule is CCc1cc(NC)nc(C2CCC(C)C2)n1. The smallest absolute Gasteiger partial charge is 0.134 e. The van der Waals surface area contributed by atoms with Crippen LogP contribution in [0, 0.1) is 5.92 Å². The van der Waals surface area contributed by atoms with Crippen LogP contribution in [-0.4, -0.2) is 17.0 Å². The molecule has 1 aromatic heterocycles. The van der Waals surface area contributed by atoms with E-state index in [0.717, 1.165) is 29.7 Å². The van der Waals surface area contributed by atoms with Gasteiger partial charge in [-0.1, -0.05) is 13.8 Å². The van der Waals surface area contributed by atoms with Crippen LogP contribution in [0.15, 0.2) is 6.07 Å². The molecule has 0 spiro atoms. The number of aromatic nitrogens is 2. The summed E-state index contributed by atoms with van der Waals surface area (Å²) in [4.78, 5) is 9.26. The van der Waals surface area contributed by atoms with Crippen LogP contribution >= 0.6 is 0 Å². The molecular weight excluding hydrogens is 198 g/mol. The van der Waals surface area contributed by atoms with Gasteiger partial charge in [0.15, 0.2) is 0 Å². The lowest BCUT2D eigenvalue weighted by molar-refractivity contribution is 0.584. The van der Waals surface area contributed by atoms with Gasteiger partial charge in [0.2, 0.25) is 0 Å². The van der Waals surface area contributed by atoms with Crippen molar-refractivity contribution in [3.63, 3.8) is 0 Å². The Balaban J connectivity index is 2.25. The van der Waals surface area contributed by atoms with E-state index >= 15 is 0 Å². The van der Waals surface area contributed by atoms with E-state index in [1.54, 1.807) is 0 Å². The molecule has 0 bridgehead atoms. The first kappa shape index (κ1) is 11.4.